The molecule has 0 atom stereocenters. The Morgan fingerprint density at radius 2 is 1.45 bits per heavy atom. The summed E-state index contributed by atoms with van der Waals surface area (Å²) >= 11 is 0. The number of phenolic OH excluding ortho intramolecular Hbond substituents is 1. The Labute approximate surface area is 168 Å². The Morgan fingerprint density at radius 3 is 2.10 bits per heavy atom. The van der Waals surface area contributed by atoms with Gasteiger partial charge in [-0.25, -0.2) is 5.43 Å². The Morgan fingerprint density at radius 1 is 0.828 bits per heavy atom. The SMILES string of the molecule is CC(=NNC(=O)c1ccccc1O)c1ccc(NC(=O)c2ccc(C)cc2)cc1. The molecule has 0 spiro atoms. The number of nitrogens with zero attached hydrogens (tertiary/aromatic N) is 1. The number of benzene rings is 3. The fourth-order valence-corrected chi connectivity index (χ4v) is 2.63. The quantitative estimate of drug-likeness (QED) is 0.455. The number of hydrogen-bond acceptors (Lipinski definition) is 4. The lowest BCUT2D eigenvalue weighted by Gasteiger charge is -2.08. The minimum Gasteiger partial charge on any atom is -0.507 e. The van der Waals surface area contributed by atoms with Gasteiger partial charge in [0.2, 0.25) is 0 Å². The van der Waals surface area contributed by atoms with Gasteiger partial charge in [-0.3, -0.25) is 9.59 Å². The predicted octanol–water partition coefficient (Wildman–Crippen LogP) is 4.11. The van der Waals surface area contributed by atoms with Crippen molar-refractivity contribution in [2.24, 2.45) is 5.10 Å². The monoisotopic (exact) mass is 387 g/mol. The standard InChI is InChI=1S/C23H21N3O3/c1-15-7-9-18(10-8-15)22(28)24-19-13-11-17(12-14-19)16(2)25-26-23(29)20-5-3-4-6-21(20)27/h3-14,27H,1-2H3,(H,24,28)(H,26,29). The van der Waals surface area contributed by atoms with E-state index in [1.807, 2.05) is 19.1 Å². The zero-order valence-corrected chi connectivity index (χ0v) is 16.1. The molecular weight excluding hydrogens is 366 g/mol. The lowest BCUT2D eigenvalue weighted by molar-refractivity contribution is 0.0951. The smallest absolute Gasteiger partial charge is 0.275 e. The number of phenols is 1. The molecule has 3 N–H and O–H groups in total. The summed E-state index contributed by atoms with van der Waals surface area (Å²) in [6.07, 6.45) is 0. The van der Waals surface area contributed by atoms with Gasteiger partial charge in [0.15, 0.2) is 0 Å². The lowest BCUT2D eigenvalue weighted by Crippen LogP contribution is -2.19. The van der Waals surface area contributed by atoms with Gasteiger partial charge < -0.3 is 10.4 Å². The second-order valence-corrected chi connectivity index (χ2v) is 6.55. The summed E-state index contributed by atoms with van der Waals surface area (Å²) in [6, 6.07) is 20.7. The molecule has 3 aromatic carbocycles. The first-order valence-electron chi connectivity index (χ1n) is 9.05. The fraction of sp³-hybridized carbons (Fsp3) is 0.0870. The summed E-state index contributed by atoms with van der Waals surface area (Å²) in [5.41, 5.74) is 6.30. The van der Waals surface area contributed by atoms with Crippen LogP contribution < -0.4 is 10.7 Å². The number of carbonyl (C=O) groups excluding carboxylic acids is 2. The van der Waals surface area contributed by atoms with Crippen LogP contribution in [0.3, 0.4) is 0 Å². The van der Waals surface area contributed by atoms with Gasteiger partial charge in [-0.1, -0.05) is 42.0 Å². The molecule has 0 aliphatic carbocycles. The van der Waals surface area contributed by atoms with E-state index in [1.54, 1.807) is 55.5 Å². The number of para-hydroxylation sites is 1. The van der Waals surface area contributed by atoms with Crippen molar-refractivity contribution in [1.29, 1.82) is 0 Å². The number of carbonyl (C=O) groups is 2. The molecule has 6 heteroatoms. The number of amides is 2. The highest BCUT2D eigenvalue weighted by atomic mass is 16.3. The highest BCUT2D eigenvalue weighted by molar-refractivity contribution is 6.05. The topological polar surface area (TPSA) is 90.8 Å². The number of hydrazone groups is 1. The third-order valence-electron chi connectivity index (χ3n) is 4.35. The molecule has 29 heavy (non-hydrogen) atoms. The van der Waals surface area contributed by atoms with E-state index >= 15 is 0 Å². The number of hydrogen-bond donors (Lipinski definition) is 3. The Kier molecular flexibility index (Phi) is 6.04. The minimum absolute atomic E-state index is 0.105. The van der Waals surface area contributed by atoms with Gasteiger partial charge in [0.25, 0.3) is 11.8 Å². The molecule has 2 amide bonds. The zero-order chi connectivity index (χ0) is 20.8. The van der Waals surface area contributed by atoms with Gasteiger partial charge in [-0.05, 0) is 55.8 Å². The molecule has 0 unspecified atom stereocenters. The first-order chi connectivity index (χ1) is 13.9. The van der Waals surface area contributed by atoms with Crippen LogP contribution in [-0.2, 0) is 0 Å². The first-order valence-corrected chi connectivity index (χ1v) is 9.05. The summed E-state index contributed by atoms with van der Waals surface area (Å²) in [4.78, 5) is 24.4. The Balaban J connectivity index is 1.63. The van der Waals surface area contributed by atoms with Crippen LogP contribution in [0.4, 0.5) is 5.69 Å². The Hall–Kier alpha value is -3.93. The molecule has 0 heterocycles. The van der Waals surface area contributed by atoms with Crippen molar-refractivity contribution in [2.75, 3.05) is 5.32 Å². The molecule has 146 valence electrons. The van der Waals surface area contributed by atoms with Crippen molar-refractivity contribution in [3.63, 3.8) is 0 Å². The van der Waals surface area contributed by atoms with Gasteiger partial charge in [0.1, 0.15) is 5.75 Å². The summed E-state index contributed by atoms with van der Waals surface area (Å²) in [5, 5.41) is 16.6. The van der Waals surface area contributed by atoms with Gasteiger partial charge >= 0.3 is 0 Å². The van der Waals surface area contributed by atoms with E-state index in [9.17, 15) is 14.7 Å². The van der Waals surface area contributed by atoms with E-state index in [1.165, 1.54) is 12.1 Å². The molecule has 6 nitrogen and oxygen atoms in total. The molecule has 0 saturated heterocycles. The van der Waals surface area contributed by atoms with Crippen molar-refractivity contribution in [2.45, 2.75) is 13.8 Å². The average molecular weight is 387 g/mol. The average Bonchev–Trinajstić information content (AvgIpc) is 2.73. The van der Waals surface area contributed by atoms with Crippen LogP contribution in [0.5, 0.6) is 5.75 Å². The van der Waals surface area contributed by atoms with Crippen LogP contribution in [0.25, 0.3) is 0 Å². The van der Waals surface area contributed by atoms with E-state index in [4.69, 9.17) is 0 Å². The minimum atomic E-state index is -0.496. The molecule has 0 aliphatic rings. The van der Waals surface area contributed by atoms with Crippen molar-refractivity contribution >= 4 is 23.2 Å². The molecular formula is C23H21N3O3. The fourth-order valence-electron chi connectivity index (χ4n) is 2.63. The number of rotatable bonds is 5. The molecule has 0 bridgehead atoms. The normalized spacial score (nSPS) is 11.0. The second kappa shape index (κ2) is 8.84. The molecule has 0 fully saturated rings. The van der Waals surface area contributed by atoms with Gasteiger partial charge in [0.05, 0.1) is 11.3 Å². The van der Waals surface area contributed by atoms with Crippen molar-refractivity contribution < 1.29 is 14.7 Å². The first kappa shape index (κ1) is 19.8. The zero-order valence-electron chi connectivity index (χ0n) is 16.1. The van der Waals surface area contributed by atoms with E-state index in [2.05, 4.69) is 15.8 Å². The lowest BCUT2D eigenvalue weighted by atomic mass is 10.1. The summed E-state index contributed by atoms with van der Waals surface area (Å²) in [7, 11) is 0. The van der Waals surface area contributed by atoms with E-state index < -0.39 is 5.91 Å². The molecule has 0 aliphatic heterocycles. The highest BCUT2D eigenvalue weighted by Gasteiger charge is 2.10. The van der Waals surface area contributed by atoms with Crippen LogP contribution in [0, 0.1) is 6.92 Å². The Bertz CT molecular complexity index is 1060. The number of anilines is 1. The third kappa shape index (κ3) is 5.07. The van der Waals surface area contributed by atoms with Gasteiger partial charge in [-0.2, -0.15) is 5.10 Å². The molecule has 3 rings (SSSR count). The van der Waals surface area contributed by atoms with Crippen molar-refractivity contribution in [3.05, 3.63) is 95.1 Å². The van der Waals surface area contributed by atoms with E-state index in [0.717, 1.165) is 11.1 Å². The summed E-state index contributed by atoms with van der Waals surface area (Å²) < 4.78 is 0. The van der Waals surface area contributed by atoms with Gasteiger partial charge in [-0.15, -0.1) is 0 Å². The van der Waals surface area contributed by atoms with Crippen LogP contribution >= 0.6 is 0 Å². The van der Waals surface area contributed by atoms with Crippen molar-refractivity contribution in [3.8, 4) is 5.75 Å². The third-order valence-corrected chi connectivity index (χ3v) is 4.35. The van der Waals surface area contributed by atoms with Crippen LogP contribution in [0.2, 0.25) is 0 Å². The number of nitrogens with one attached hydrogen (secondary N) is 2. The maximum absolute atomic E-state index is 12.3. The van der Waals surface area contributed by atoms with Gasteiger partial charge in [0, 0.05) is 11.3 Å². The summed E-state index contributed by atoms with van der Waals surface area (Å²) in [5.74, 6) is -0.783. The maximum atomic E-state index is 12.3. The molecule has 3 aromatic rings. The number of aryl methyl sites for hydroxylation is 1. The van der Waals surface area contributed by atoms with Crippen LogP contribution in [0.1, 0.15) is 38.8 Å². The van der Waals surface area contributed by atoms with Crippen molar-refractivity contribution in [1.82, 2.24) is 5.43 Å². The second-order valence-electron chi connectivity index (χ2n) is 6.55. The highest BCUT2D eigenvalue weighted by Crippen LogP contribution is 2.15. The van der Waals surface area contributed by atoms with E-state index in [0.29, 0.717) is 17.0 Å². The number of aromatic hydroxyl groups is 1. The molecule has 0 saturated carbocycles. The van der Waals surface area contributed by atoms with Crippen LogP contribution in [-0.4, -0.2) is 22.6 Å². The van der Waals surface area contributed by atoms with Crippen LogP contribution in [0.15, 0.2) is 77.9 Å². The van der Waals surface area contributed by atoms with E-state index in [-0.39, 0.29) is 17.2 Å². The molecule has 0 aromatic heterocycles. The predicted molar refractivity (Wildman–Crippen MR) is 113 cm³/mol. The largest absolute Gasteiger partial charge is 0.507 e. The molecule has 0 radical (unpaired) electrons. The maximum Gasteiger partial charge on any atom is 0.275 e. The summed E-state index contributed by atoms with van der Waals surface area (Å²) in [6.45, 7) is 3.72.